The summed E-state index contributed by atoms with van der Waals surface area (Å²) >= 11 is 1.10. The summed E-state index contributed by atoms with van der Waals surface area (Å²) in [5, 5.41) is 11.8. The van der Waals surface area contributed by atoms with Crippen LogP contribution in [0, 0.1) is 0 Å². The van der Waals surface area contributed by atoms with Gasteiger partial charge < -0.3 is 13.9 Å². The van der Waals surface area contributed by atoms with Crippen molar-refractivity contribution in [3.63, 3.8) is 0 Å². The maximum atomic E-state index is 12.1. The molecule has 10 heteroatoms. The lowest BCUT2D eigenvalue weighted by atomic mass is 10.3. The molecule has 0 atom stereocenters. The highest BCUT2D eigenvalue weighted by molar-refractivity contribution is 7.22. The summed E-state index contributed by atoms with van der Waals surface area (Å²) in [7, 11) is 1.50. The summed E-state index contributed by atoms with van der Waals surface area (Å²) in [6.07, 6.45) is 2.70. The third-order valence-electron chi connectivity index (χ3n) is 2.92. The monoisotopic (exact) mass is 335 g/mol. The first kappa shape index (κ1) is 14.8. The fraction of sp³-hybridized carbons (Fsp3) is 0.0769. The van der Waals surface area contributed by atoms with Gasteiger partial charge in [0.15, 0.2) is 5.58 Å². The summed E-state index contributed by atoms with van der Waals surface area (Å²) in [6, 6.07) is 2.22. The van der Waals surface area contributed by atoms with Crippen LogP contribution >= 0.6 is 11.3 Å². The number of thiophene rings is 1. The zero-order valence-corrected chi connectivity index (χ0v) is 12.4. The number of urea groups is 1. The van der Waals surface area contributed by atoms with Crippen molar-refractivity contribution < 1.29 is 23.5 Å². The number of carboxylic acids is 1. The van der Waals surface area contributed by atoms with Crippen molar-refractivity contribution >= 4 is 44.6 Å². The zero-order valence-electron chi connectivity index (χ0n) is 11.6. The van der Waals surface area contributed by atoms with Gasteiger partial charge in [0.2, 0.25) is 0 Å². The topological polar surface area (TPSA) is 126 Å². The van der Waals surface area contributed by atoms with Gasteiger partial charge in [0, 0.05) is 13.1 Å². The van der Waals surface area contributed by atoms with Gasteiger partial charge in [0.05, 0.1) is 10.9 Å². The van der Waals surface area contributed by atoms with E-state index in [0.29, 0.717) is 9.70 Å². The molecule has 9 nitrogen and oxygen atoms in total. The second-order valence-electron chi connectivity index (χ2n) is 4.39. The number of hydrogen-bond acceptors (Lipinski definition) is 7. The van der Waals surface area contributed by atoms with Gasteiger partial charge in [-0.1, -0.05) is 0 Å². The van der Waals surface area contributed by atoms with Crippen LogP contribution in [0.3, 0.4) is 0 Å². The van der Waals surface area contributed by atoms with Crippen LogP contribution in [0.4, 0.5) is 15.8 Å². The Morgan fingerprint density at radius 3 is 2.83 bits per heavy atom. The Kier molecular flexibility index (Phi) is 3.58. The fourth-order valence-electron chi connectivity index (χ4n) is 1.78. The number of rotatable bonds is 3. The summed E-state index contributed by atoms with van der Waals surface area (Å²) in [5.41, 5.74) is -1.20. The number of nitrogens with one attached hydrogen (secondary N) is 1. The van der Waals surface area contributed by atoms with Crippen molar-refractivity contribution in [1.82, 2.24) is 4.98 Å². The predicted molar refractivity (Wildman–Crippen MR) is 81.2 cm³/mol. The highest BCUT2D eigenvalue weighted by Crippen LogP contribution is 2.32. The number of carbonyl (C=O) groups is 2. The molecule has 3 aromatic rings. The van der Waals surface area contributed by atoms with Gasteiger partial charge in [-0.05, 0) is 6.07 Å². The lowest BCUT2D eigenvalue weighted by Crippen LogP contribution is -2.30. The molecular weight excluding hydrogens is 326 g/mol. The first-order valence-corrected chi connectivity index (χ1v) is 7.02. The van der Waals surface area contributed by atoms with Crippen LogP contribution in [0.25, 0.3) is 10.3 Å². The molecule has 0 aliphatic rings. The number of oxazole rings is 1. The second-order valence-corrected chi connectivity index (χ2v) is 5.45. The Balaban J connectivity index is 1.92. The molecule has 0 spiro atoms. The number of aromatic carboxylic acids is 1. The molecule has 0 fully saturated rings. The van der Waals surface area contributed by atoms with Gasteiger partial charge in [0.25, 0.3) is 0 Å². The van der Waals surface area contributed by atoms with Gasteiger partial charge in [0.1, 0.15) is 16.8 Å². The van der Waals surface area contributed by atoms with Crippen molar-refractivity contribution in [2.24, 2.45) is 0 Å². The Bertz CT molecular complexity index is 942. The number of carboxylic acid groups (broad SMARTS) is 1. The van der Waals surface area contributed by atoms with Crippen LogP contribution in [-0.4, -0.2) is 29.1 Å². The van der Waals surface area contributed by atoms with E-state index in [2.05, 4.69) is 10.3 Å². The summed E-state index contributed by atoms with van der Waals surface area (Å²) in [5.74, 6) is -1.37. The molecule has 0 radical (unpaired) electrons. The third kappa shape index (κ3) is 2.79. The van der Waals surface area contributed by atoms with Crippen LogP contribution in [0.1, 0.15) is 10.4 Å². The molecule has 2 amide bonds. The Morgan fingerprint density at radius 1 is 1.39 bits per heavy atom. The van der Waals surface area contributed by atoms with E-state index >= 15 is 0 Å². The third-order valence-corrected chi connectivity index (χ3v) is 4.06. The zero-order chi connectivity index (χ0) is 16.6. The SMILES string of the molecule is CN(C(=O)Nc1ncco1)c1cc2oc(=O)c(C(=O)O)cc2s1. The number of anilines is 2. The van der Waals surface area contributed by atoms with Crippen LogP contribution in [0.2, 0.25) is 0 Å². The first-order valence-electron chi connectivity index (χ1n) is 6.21. The Hall–Kier alpha value is -3.14. The van der Waals surface area contributed by atoms with Crippen LogP contribution < -0.4 is 15.8 Å². The number of carbonyl (C=O) groups excluding carboxylic acids is 1. The predicted octanol–water partition coefficient (Wildman–Crippen LogP) is 2.21. The highest BCUT2D eigenvalue weighted by Gasteiger charge is 2.19. The largest absolute Gasteiger partial charge is 0.477 e. The van der Waals surface area contributed by atoms with Crippen LogP contribution in [0.15, 0.2) is 38.2 Å². The summed E-state index contributed by atoms with van der Waals surface area (Å²) in [6.45, 7) is 0. The minimum atomic E-state index is -1.37. The van der Waals surface area contributed by atoms with Crippen LogP contribution in [-0.2, 0) is 0 Å². The molecule has 0 unspecified atom stereocenters. The first-order chi connectivity index (χ1) is 11.0. The quantitative estimate of drug-likeness (QED) is 0.751. The maximum Gasteiger partial charge on any atom is 0.351 e. The molecule has 0 aliphatic heterocycles. The van der Waals surface area contributed by atoms with Gasteiger partial charge in [-0.3, -0.25) is 10.2 Å². The summed E-state index contributed by atoms with van der Waals surface area (Å²) in [4.78, 5) is 39.6. The number of hydrogen-bond donors (Lipinski definition) is 2. The van der Waals surface area contributed by atoms with Crippen molar-refractivity contribution in [2.45, 2.75) is 0 Å². The van der Waals surface area contributed by atoms with Crippen LogP contribution in [0.5, 0.6) is 0 Å². The van der Waals surface area contributed by atoms with Crippen molar-refractivity contribution in [1.29, 1.82) is 0 Å². The van der Waals surface area contributed by atoms with E-state index in [1.807, 2.05) is 0 Å². The number of amides is 2. The lowest BCUT2D eigenvalue weighted by molar-refractivity contribution is 0.0692. The number of nitrogens with zero attached hydrogens (tertiary/aromatic N) is 2. The van der Waals surface area contributed by atoms with Gasteiger partial charge in [-0.25, -0.2) is 19.4 Å². The standard InChI is InChI=1S/C13H9N3O6S/c1-16(13(20)15-12-14-2-3-21-12)9-5-7-8(23-9)4-6(10(17)18)11(19)22-7/h2-5H,1H3,(H,17,18)(H,14,15,20). The molecule has 3 rings (SSSR count). The molecule has 0 saturated heterocycles. The van der Waals surface area contributed by atoms with E-state index in [0.717, 1.165) is 11.3 Å². The number of aromatic nitrogens is 1. The number of fused-ring (bicyclic) bond motifs is 1. The van der Waals surface area contributed by atoms with E-state index in [-0.39, 0.29) is 11.6 Å². The molecule has 0 saturated carbocycles. The minimum Gasteiger partial charge on any atom is -0.477 e. The smallest absolute Gasteiger partial charge is 0.351 e. The molecule has 3 heterocycles. The molecule has 2 N–H and O–H groups in total. The average Bonchev–Trinajstić information content (AvgIpc) is 3.14. The maximum absolute atomic E-state index is 12.1. The molecule has 118 valence electrons. The fourth-order valence-corrected chi connectivity index (χ4v) is 2.76. The van der Waals surface area contributed by atoms with E-state index in [1.165, 1.54) is 36.5 Å². The Morgan fingerprint density at radius 2 is 2.17 bits per heavy atom. The average molecular weight is 335 g/mol. The molecule has 23 heavy (non-hydrogen) atoms. The van der Waals surface area contributed by atoms with E-state index in [9.17, 15) is 14.4 Å². The molecule has 0 aliphatic carbocycles. The molecular formula is C13H9N3O6S. The van der Waals surface area contributed by atoms with Gasteiger partial charge in [-0.2, -0.15) is 0 Å². The van der Waals surface area contributed by atoms with E-state index in [4.69, 9.17) is 13.9 Å². The van der Waals surface area contributed by atoms with Crippen molar-refractivity contribution in [3.8, 4) is 0 Å². The van der Waals surface area contributed by atoms with Crippen molar-refractivity contribution in [2.75, 3.05) is 17.3 Å². The minimum absolute atomic E-state index is 0.0441. The molecule has 3 aromatic heterocycles. The lowest BCUT2D eigenvalue weighted by Gasteiger charge is -2.13. The molecule has 0 aromatic carbocycles. The van der Waals surface area contributed by atoms with Crippen molar-refractivity contribution in [3.05, 3.63) is 40.6 Å². The van der Waals surface area contributed by atoms with Gasteiger partial charge >= 0.3 is 23.6 Å². The van der Waals surface area contributed by atoms with Gasteiger partial charge in [-0.15, -0.1) is 11.3 Å². The second kappa shape index (κ2) is 5.57. The highest BCUT2D eigenvalue weighted by atomic mass is 32.1. The molecule has 0 bridgehead atoms. The summed E-state index contributed by atoms with van der Waals surface area (Å²) < 4.78 is 10.3. The Labute approximate surface area is 131 Å². The van der Waals surface area contributed by atoms with E-state index in [1.54, 1.807) is 0 Å². The van der Waals surface area contributed by atoms with E-state index < -0.39 is 23.2 Å². The normalized spacial score (nSPS) is 10.7.